The first kappa shape index (κ1) is 14.2. The molecule has 4 heteroatoms. The Morgan fingerprint density at radius 3 is 2.68 bits per heavy atom. The number of benzene rings is 1. The van der Waals surface area contributed by atoms with E-state index in [1.54, 1.807) is 6.26 Å². The highest BCUT2D eigenvalue weighted by Crippen LogP contribution is 2.30. The van der Waals surface area contributed by atoms with Crippen molar-refractivity contribution in [2.75, 3.05) is 6.61 Å². The normalized spacial score (nSPS) is 12.4. The number of rotatable bonds is 5. The summed E-state index contributed by atoms with van der Waals surface area (Å²) >= 11 is 3.52. The number of hydrogen-bond donors (Lipinski definition) is 1. The summed E-state index contributed by atoms with van der Waals surface area (Å²) in [5.74, 6) is 1.72. The van der Waals surface area contributed by atoms with E-state index in [2.05, 4.69) is 22.9 Å². The van der Waals surface area contributed by atoms with Gasteiger partial charge in [0, 0.05) is 5.56 Å². The van der Waals surface area contributed by atoms with E-state index >= 15 is 0 Å². The van der Waals surface area contributed by atoms with Gasteiger partial charge in [0.1, 0.15) is 11.5 Å². The summed E-state index contributed by atoms with van der Waals surface area (Å²) in [5, 5.41) is 0. The second kappa shape index (κ2) is 6.26. The molecule has 0 aliphatic carbocycles. The molecule has 0 saturated heterocycles. The average molecular weight is 324 g/mol. The lowest BCUT2D eigenvalue weighted by Crippen LogP contribution is -2.11. The third kappa shape index (κ3) is 3.39. The van der Waals surface area contributed by atoms with Crippen molar-refractivity contribution < 1.29 is 9.15 Å². The Morgan fingerprint density at radius 2 is 2.11 bits per heavy atom. The Labute approximate surface area is 121 Å². The Bertz CT molecular complexity index is 551. The van der Waals surface area contributed by atoms with E-state index < -0.39 is 0 Å². The van der Waals surface area contributed by atoms with Gasteiger partial charge in [0.15, 0.2) is 0 Å². The van der Waals surface area contributed by atoms with Crippen LogP contribution in [0.15, 0.2) is 39.4 Å². The Kier molecular flexibility index (Phi) is 4.66. The van der Waals surface area contributed by atoms with Crippen molar-refractivity contribution in [2.45, 2.75) is 26.3 Å². The van der Waals surface area contributed by atoms with E-state index in [1.807, 2.05) is 31.2 Å². The minimum absolute atomic E-state index is 0.186. The SMILES string of the molecule is CCCOc1ccc(C(N)c2coc(C)c2)cc1Br. The summed E-state index contributed by atoms with van der Waals surface area (Å²) in [6, 6.07) is 7.71. The van der Waals surface area contributed by atoms with Crippen LogP contribution in [0.3, 0.4) is 0 Å². The molecule has 3 nitrogen and oxygen atoms in total. The fourth-order valence-electron chi connectivity index (χ4n) is 1.86. The minimum Gasteiger partial charge on any atom is -0.492 e. The number of halogens is 1. The molecule has 2 aromatic rings. The Balaban J connectivity index is 2.19. The van der Waals surface area contributed by atoms with Crippen LogP contribution >= 0.6 is 15.9 Å². The zero-order chi connectivity index (χ0) is 13.8. The molecule has 2 rings (SSSR count). The van der Waals surface area contributed by atoms with Crippen LogP contribution in [0, 0.1) is 6.92 Å². The summed E-state index contributed by atoms with van der Waals surface area (Å²) in [4.78, 5) is 0. The van der Waals surface area contributed by atoms with Crippen molar-refractivity contribution in [1.29, 1.82) is 0 Å². The fraction of sp³-hybridized carbons (Fsp3) is 0.333. The Morgan fingerprint density at radius 1 is 1.32 bits per heavy atom. The van der Waals surface area contributed by atoms with Crippen LogP contribution in [0.1, 0.15) is 36.3 Å². The number of hydrogen-bond acceptors (Lipinski definition) is 3. The van der Waals surface area contributed by atoms with Gasteiger partial charge in [0.05, 0.1) is 23.4 Å². The smallest absolute Gasteiger partial charge is 0.133 e. The van der Waals surface area contributed by atoms with Crippen molar-refractivity contribution in [2.24, 2.45) is 5.73 Å². The first-order chi connectivity index (χ1) is 9.11. The topological polar surface area (TPSA) is 48.4 Å². The molecule has 0 bridgehead atoms. The van der Waals surface area contributed by atoms with E-state index in [1.165, 1.54) is 0 Å². The molecular weight excluding hydrogens is 306 g/mol. The maximum absolute atomic E-state index is 6.23. The van der Waals surface area contributed by atoms with Crippen LogP contribution in [0.4, 0.5) is 0 Å². The molecule has 102 valence electrons. The van der Waals surface area contributed by atoms with E-state index in [9.17, 15) is 0 Å². The molecule has 0 fully saturated rings. The second-order valence-electron chi connectivity index (χ2n) is 4.51. The van der Waals surface area contributed by atoms with Gasteiger partial charge >= 0.3 is 0 Å². The van der Waals surface area contributed by atoms with Gasteiger partial charge in [-0.1, -0.05) is 13.0 Å². The summed E-state index contributed by atoms with van der Waals surface area (Å²) in [6.45, 7) is 4.71. The lowest BCUT2D eigenvalue weighted by Gasteiger charge is -2.13. The van der Waals surface area contributed by atoms with Gasteiger partial charge in [0.25, 0.3) is 0 Å². The third-order valence-corrected chi connectivity index (χ3v) is 3.51. The quantitative estimate of drug-likeness (QED) is 0.897. The molecule has 1 aromatic carbocycles. The van der Waals surface area contributed by atoms with Gasteiger partial charge in [-0.3, -0.25) is 0 Å². The first-order valence-corrected chi connectivity index (χ1v) is 7.14. The standard InChI is InChI=1S/C15H18BrNO2/c1-3-6-18-14-5-4-11(8-13(14)16)15(17)12-7-10(2)19-9-12/h4-5,7-9,15H,3,6,17H2,1-2H3. The highest BCUT2D eigenvalue weighted by atomic mass is 79.9. The van der Waals surface area contributed by atoms with Gasteiger partial charge < -0.3 is 14.9 Å². The molecule has 0 radical (unpaired) electrons. The van der Waals surface area contributed by atoms with E-state index in [0.717, 1.165) is 33.5 Å². The fourth-order valence-corrected chi connectivity index (χ4v) is 2.37. The minimum atomic E-state index is -0.186. The van der Waals surface area contributed by atoms with Crippen molar-refractivity contribution in [3.63, 3.8) is 0 Å². The summed E-state index contributed by atoms with van der Waals surface area (Å²) in [6.07, 6.45) is 2.69. The molecule has 1 heterocycles. The predicted molar refractivity (Wildman–Crippen MR) is 79.4 cm³/mol. The average Bonchev–Trinajstić information content (AvgIpc) is 2.83. The van der Waals surface area contributed by atoms with Gasteiger partial charge in [0.2, 0.25) is 0 Å². The molecule has 19 heavy (non-hydrogen) atoms. The van der Waals surface area contributed by atoms with Crippen LogP contribution in [0.2, 0.25) is 0 Å². The summed E-state index contributed by atoms with van der Waals surface area (Å²) in [5.41, 5.74) is 8.23. The van der Waals surface area contributed by atoms with Gasteiger partial charge in [-0.15, -0.1) is 0 Å². The summed E-state index contributed by atoms with van der Waals surface area (Å²) < 4.78 is 11.8. The van der Waals surface area contributed by atoms with Crippen LogP contribution in [-0.2, 0) is 0 Å². The molecule has 0 spiro atoms. The number of aryl methyl sites for hydroxylation is 1. The molecule has 2 N–H and O–H groups in total. The second-order valence-corrected chi connectivity index (χ2v) is 5.36. The van der Waals surface area contributed by atoms with Crippen LogP contribution in [-0.4, -0.2) is 6.61 Å². The largest absolute Gasteiger partial charge is 0.492 e. The van der Waals surface area contributed by atoms with Gasteiger partial charge in [-0.2, -0.15) is 0 Å². The van der Waals surface area contributed by atoms with E-state index in [0.29, 0.717) is 6.61 Å². The first-order valence-electron chi connectivity index (χ1n) is 6.34. The van der Waals surface area contributed by atoms with E-state index in [-0.39, 0.29) is 6.04 Å². The maximum Gasteiger partial charge on any atom is 0.133 e. The van der Waals surface area contributed by atoms with E-state index in [4.69, 9.17) is 14.9 Å². The predicted octanol–water partition coefficient (Wildman–Crippen LogP) is 4.19. The van der Waals surface area contributed by atoms with Crippen LogP contribution < -0.4 is 10.5 Å². The zero-order valence-electron chi connectivity index (χ0n) is 11.2. The zero-order valence-corrected chi connectivity index (χ0v) is 12.7. The molecule has 0 saturated carbocycles. The van der Waals surface area contributed by atoms with Crippen LogP contribution in [0.25, 0.3) is 0 Å². The number of nitrogens with two attached hydrogens (primary N) is 1. The third-order valence-electron chi connectivity index (χ3n) is 2.89. The van der Waals surface area contributed by atoms with Crippen molar-refractivity contribution in [1.82, 2.24) is 0 Å². The Hall–Kier alpha value is -1.26. The van der Waals surface area contributed by atoms with Crippen molar-refractivity contribution >= 4 is 15.9 Å². The summed E-state index contributed by atoms with van der Waals surface area (Å²) in [7, 11) is 0. The number of ether oxygens (including phenoxy) is 1. The molecule has 1 unspecified atom stereocenters. The molecule has 0 amide bonds. The molecule has 0 aliphatic heterocycles. The molecule has 0 aliphatic rings. The monoisotopic (exact) mass is 323 g/mol. The van der Waals surface area contributed by atoms with Crippen molar-refractivity contribution in [3.05, 3.63) is 51.9 Å². The highest BCUT2D eigenvalue weighted by Gasteiger charge is 2.13. The molecule has 1 aromatic heterocycles. The van der Waals surface area contributed by atoms with Crippen LogP contribution in [0.5, 0.6) is 5.75 Å². The highest BCUT2D eigenvalue weighted by molar-refractivity contribution is 9.10. The molecule has 1 atom stereocenters. The van der Waals surface area contributed by atoms with Crippen molar-refractivity contribution in [3.8, 4) is 5.75 Å². The lowest BCUT2D eigenvalue weighted by atomic mass is 10.0. The lowest BCUT2D eigenvalue weighted by molar-refractivity contribution is 0.315. The number of furan rings is 1. The molecular formula is C15H18BrNO2. The maximum atomic E-state index is 6.23. The van der Waals surface area contributed by atoms with Gasteiger partial charge in [-0.25, -0.2) is 0 Å². The van der Waals surface area contributed by atoms with Gasteiger partial charge in [-0.05, 0) is 53.0 Å².